The Morgan fingerprint density at radius 3 is 2.00 bits per heavy atom. The summed E-state index contributed by atoms with van der Waals surface area (Å²) in [6.07, 6.45) is 0. The fraction of sp³-hybridized carbons (Fsp3) is 0.667. The molecule has 2 heteroatoms. The highest BCUT2D eigenvalue weighted by molar-refractivity contribution is 7.57. The highest BCUT2D eigenvalue weighted by Crippen LogP contribution is 2.00. The minimum absolute atomic E-state index is 0.698. The second kappa shape index (κ2) is 2.34. The van der Waals surface area contributed by atoms with Crippen LogP contribution < -0.4 is 0 Å². The van der Waals surface area contributed by atoms with E-state index in [1.807, 2.05) is 13.6 Å². The first kappa shape index (κ1) is 5.10. The van der Waals surface area contributed by atoms with Gasteiger partial charge < -0.3 is 5.41 Å². The van der Waals surface area contributed by atoms with Gasteiger partial charge in [-0.15, -0.1) is 0 Å². The minimum atomic E-state index is 0.698. The molecular formula is C3H8NP. The summed E-state index contributed by atoms with van der Waals surface area (Å²) in [5, 5.41) is 6.76. The lowest BCUT2D eigenvalue weighted by molar-refractivity contribution is 1.53. The molecule has 0 rings (SSSR count). The predicted octanol–water partition coefficient (Wildman–Crippen LogP) is 1.29. The van der Waals surface area contributed by atoms with E-state index in [0.29, 0.717) is 8.58 Å². The van der Waals surface area contributed by atoms with Crippen LogP contribution in [0.1, 0.15) is 6.92 Å². The van der Waals surface area contributed by atoms with Crippen molar-refractivity contribution in [3.05, 3.63) is 0 Å². The van der Waals surface area contributed by atoms with E-state index in [9.17, 15) is 0 Å². The normalized spacial score (nSPS) is 10.0. The fourth-order valence-electron chi connectivity index (χ4n) is 0. The van der Waals surface area contributed by atoms with Crippen molar-refractivity contribution < 1.29 is 0 Å². The molecule has 0 aromatic carbocycles. The molecule has 0 aliphatic carbocycles. The molecule has 0 aromatic heterocycles. The maximum absolute atomic E-state index is 6.76. The van der Waals surface area contributed by atoms with Gasteiger partial charge in [0.05, 0.1) is 0 Å². The van der Waals surface area contributed by atoms with Crippen LogP contribution in [0.3, 0.4) is 0 Å². The quantitative estimate of drug-likeness (QED) is 0.369. The summed E-state index contributed by atoms with van der Waals surface area (Å²) in [6, 6.07) is 0. The Kier molecular flexibility index (Phi) is 2.39. The fourth-order valence-corrected chi connectivity index (χ4v) is 0. The molecule has 1 unspecified atom stereocenters. The van der Waals surface area contributed by atoms with Crippen molar-refractivity contribution in [2.24, 2.45) is 0 Å². The summed E-state index contributed by atoms with van der Waals surface area (Å²) in [7, 11) is 0.698. The first-order chi connectivity index (χ1) is 2.27. The number of rotatable bonds is 1. The van der Waals surface area contributed by atoms with E-state index in [0.717, 1.165) is 5.45 Å². The van der Waals surface area contributed by atoms with Crippen molar-refractivity contribution in [2.45, 2.75) is 6.92 Å². The van der Waals surface area contributed by atoms with Crippen LogP contribution >= 0.6 is 8.58 Å². The summed E-state index contributed by atoms with van der Waals surface area (Å²) in [5.74, 6) is 0. The van der Waals surface area contributed by atoms with Crippen LogP contribution in [0.4, 0.5) is 0 Å². The largest absolute Gasteiger partial charge is 0.306 e. The lowest BCUT2D eigenvalue weighted by Crippen LogP contribution is -1.66. The van der Waals surface area contributed by atoms with Crippen molar-refractivity contribution in [3.8, 4) is 0 Å². The Hall–Kier alpha value is 0.100. The van der Waals surface area contributed by atoms with Gasteiger partial charge in [-0.05, 0) is 13.6 Å². The SMILES string of the molecule is CPC(C)=N. The van der Waals surface area contributed by atoms with Crippen LogP contribution in [0.25, 0.3) is 0 Å². The highest BCUT2D eigenvalue weighted by Gasteiger charge is 1.70. The molecule has 5 heavy (non-hydrogen) atoms. The van der Waals surface area contributed by atoms with Gasteiger partial charge in [0, 0.05) is 5.45 Å². The zero-order valence-corrected chi connectivity index (χ0v) is 4.50. The Morgan fingerprint density at radius 2 is 2.00 bits per heavy atom. The molecular weight excluding hydrogens is 81.0 g/mol. The predicted molar refractivity (Wildman–Crippen MR) is 27.6 cm³/mol. The van der Waals surface area contributed by atoms with Crippen LogP contribution in [0.5, 0.6) is 0 Å². The van der Waals surface area contributed by atoms with E-state index in [2.05, 4.69) is 0 Å². The first-order valence-corrected chi connectivity index (χ1v) is 3.00. The van der Waals surface area contributed by atoms with Gasteiger partial charge in [0.2, 0.25) is 0 Å². The monoisotopic (exact) mass is 89.0 g/mol. The molecule has 0 aliphatic heterocycles. The third-order valence-corrected chi connectivity index (χ3v) is 1.12. The standard InChI is InChI=1S/C3H8NP/c1-3(4)5-2/h4-5H,1-2H3. The Labute approximate surface area is 34.1 Å². The zero-order chi connectivity index (χ0) is 4.28. The van der Waals surface area contributed by atoms with Gasteiger partial charge in [-0.1, -0.05) is 8.58 Å². The van der Waals surface area contributed by atoms with Gasteiger partial charge in [-0.25, -0.2) is 0 Å². The molecule has 0 saturated heterocycles. The van der Waals surface area contributed by atoms with Crippen LogP contribution in [0.2, 0.25) is 0 Å². The molecule has 0 bridgehead atoms. The van der Waals surface area contributed by atoms with E-state index < -0.39 is 0 Å². The van der Waals surface area contributed by atoms with E-state index >= 15 is 0 Å². The molecule has 0 aromatic rings. The molecule has 0 spiro atoms. The van der Waals surface area contributed by atoms with Crippen LogP contribution in [0.15, 0.2) is 0 Å². The van der Waals surface area contributed by atoms with Crippen molar-refractivity contribution >= 4 is 14.0 Å². The Balaban J connectivity index is 2.85. The maximum Gasteiger partial charge on any atom is 0.0254 e. The van der Waals surface area contributed by atoms with Crippen molar-refractivity contribution in [2.75, 3.05) is 6.66 Å². The summed E-state index contributed by atoms with van der Waals surface area (Å²) in [6.45, 7) is 3.82. The average molecular weight is 89.1 g/mol. The van der Waals surface area contributed by atoms with E-state index in [4.69, 9.17) is 5.41 Å². The van der Waals surface area contributed by atoms with Gasteiger partial charge in [-0.3, -0.25) is 0 Å². The van der Waals surface area contributed by atoms with E-state index in [-0.39, 0.29) is 0 Å². The zero-order valence-electron chi connectivity index (χ0n) is 3.50. The lowest BCUT2D eigenvalue weighted by Gasteiger charge is -1.78. The number of hydrogen-bond donors (Lipinski definition) is 1. The molecule has 0 fully saturated rings. The Morgan fingerprint density at radius 1 is 1.80 bits per heavy atom. The molecule has 1 nitrogen and oxygen atoms in total. The van der Waals surface area contributed by atoms with Gasteiger partial charge >= 0.3 is 0 Å². The minimum Gasteiger partial charge on any atom is -0.306 e. The van der Waals surface area contributed by atoms with Crippen molar-refractivity contribution in [1.29, 1.82) is 5.41 Å². The smallest absolute Gasteiger partial charge is 0.0254 e. The van der Waals surface area contributed by atoms with Crippen molar-refractivity contribution in [1.82, 2.24) is 0 Å². The van der Waals surface area contributed by atoms with Gasteiger partial charge in [0.15, 0.2) is 0 Å². The third kappa shape index (κ3) is 4.10. The van der Waals surface area contributed by atoms with Gasteiger partial charge in [-0.2, -0.15) is 0 Å². The summed E-state index contributed by atoms with van der Waals surface area (Å²) < 4.78 is 0. The molecule has 1 atom stereocenters. The molecule has 0 amide bonds. The topological polar surface area (TPSA) is 23.9 Å². The summed E-state index contributed by atoms with van der Waals surface area (Å²) >= 11 is 0. The summed E-state index contributed by atoms with van der Waals surface area (Å²) in [4.78, 5) is 0. The first-order valence-electron chi connectivity index (χ1n) is 1.50. The third-order valence-electron chi connectivity index (χ3n) is 0.375. The molecule has 30 valence electrons. The van der Waals surface area contributed by atoms with E-state index in [1.165, 1.54) is 0 Å². The summed E-state index contributed by atoms with van der Waals surface area (Å²) in [5.41, 5.74) is 0.782. The van der Waals surface area contributed by atoms with Crippen LogP contribution in [-0.2, 0) is 0 Å². The highest BCUT2D eigenvalue weighted by atomic mass is 31.1. The second-order valence-electron chi connectivity index (χ2n) is 0.875. The average Bonchev–Trinajstić information content (AvgIpc) is 1.38. The van der Waals surface area contributed by atoms with Crippen LogP contribution in [0, 0.1) is 5.41 Å². The number of hydrogen-bond acceptors (Lipinski definition) is 1. The second-order valence-corrected chi connectivity index (χ2v) is 2.12. The Bertz CT molecular complexity index is 42.2. The molecule has 0 aliphatic rings. The molecule has 0 radical (unpaired) electrons. The molecule has 0 saturated carbocycles. The molecule has 1 N–H and O–H groups in total. The maximum atomic E-state index is 6.76. The van der Waals surface area contributed by atoms with Gasteiger partial charge in [0.25, 0.3) is 0 Å². The van der Waals surface area contributed by atoms with Crippen LogP contribution in [-0.4, -0.2) is 12.1 Å². The van der Waals surface area contributed by atoms with Crippen molar-refractivity contribution in [3.63, 3.8) is 0 Å². The lowest BCUT2D eigenvalue weighted by atomic mass is 10.9. The van der Waals surface area contributed by atoms with Gasteiger partial charge in [0.1, 0.15) is 0 Å². The molecule has 0 heterocycles. The van der Waals surface area contributed by atoms with E-state index in [1.54, 1.807) is 0 Å². The number of nitrogens with one attached hydrogen (secondary N) is 1.